The molecule has 0 unspecified atom stereocenters. The van der Waals surface area contributed by atoms with Gasteiger partial charge >= 0.3 is 0 Å². The van der Waals surface area contributed by atoms with E-state index in [1.54, 1.807) is 0 Å². The molecule has 0 atom stereocenters. The first-order valence-corrected chi connectivity index (χ1v) is 11.3. The minimum atomic E-state index is -0.304. The molecule has 3 aromatic rings. The van der Waals surface area contributed by atoms with E-state index in [1.807, 2.05) is 75.4 Å². The summed E-state index contributed by atoms with van der Waals surface area (Å²) in [4.78, 5) is 28.4. The second-order valence-electron chi connectivity index (χ2n) is 9.13. The summed E-state index contributed by atoms with van der Waals surface area (Å²) in [7, 11) is 0. The van der Waals surface area contributed by atoms with Crippen molar-refractivity contribution in [3.8, 4) is 0 Å². The molecule has 0 saturated heterocycles. The Bertz CT molecular complexity index is 1240. The Hall–Kier alpha value is -3.66. The Morgan fingerprint density at radius 2 is 1.45 bits per heavy atom. The van der Waals surface area contributed by atoms with E-state index in [4.69, 9.17) is 0 Å². The number of nitrogens with one attached hydrogen (secondary N) is 1. The van der Waals surface area contributed by atoms with E-state index in [-0.39, 0.29) is 18.4 Å². The SMILES string of the molecule is Cc1ccc(CN2C(=O)C(Nc3ccc(C(C)C)cc3)=C(c3ccc(C)c(C)c3)C2=O)cc1. The number of nitrogens with zero attached hydrogens (tertiary/aromatic N) is 1. The van der Waals surface area contributed by atoms with Gasteiger partial charge < -0.3 is 5.32 Å². The number of aryl methyl sites for hydroxylation is 3. The highest BCUT2D eigenvalue weighted by molar-refractivity contribution is 6.36. The van der Waals surface area contributed by atoms with Crippen LogP contribution in [0.15, 0.2) is 72.4 Å². The van der Waals surface area contributed by atoms with Gasteiger partial charge in [-0.2, -0.15) is 0 Å². The molecule has 0 spiro atoms. The fourth-order valence-corrected chi connectivity index (χ4v) is 3.97. The quantitative estimate of drug-likeness (QED) is 0.471. The molecule has 0 saturated carbocycles. The van der Waals surface area contributed by atoms with E-state index in [0.29, 0.717) is 17.2 Å². The third-order valence-electron chi connectivity index (χ3n) is 6.27. The summed E-state index contributed by atoms with van der Waals surface area (Å²) in [5.74, 6) is -0.157. The maximum absolute atomic E-state index is 13.5. The van der Waals surface area contributed by atoms with Gasteiger partial charge in [0.15, 0.2) is 0 Å². The highest BCUT2D eigenvalue weighted by Crippen LogP contribution is 2.32. The first-order valence-electron chi connectivity index (χ1n) is 11.3. The van der Waals surface area contributed by atoms with Crippen molar-refractivity contribution in [3.05, 3.63) is 106 Å². The van der Waals surface area contributed by atoms with Gasteiger partial charge in [0.1, 0.15) is 5.70 Å². The Labute approximate surface area is 195 Å². The first-order chi connectivity index (χ1) is 15.7. The molecule has 0 bridgehead atoms. The number of carbonyl (C=O) groups is 2. The molecule has 4 nitrogen and oxygen atoms in total. The van der Waals surface area contributed by atoms with Crippen LogP contribution in [0, 0.1) is 20.8 Å². The molecule has 1 aliphatic rings. The number of carbonyl (C=O) groups excluding carboxylic acids is 2. The fraction of sp³-hybridized carbons (Fsp3) is 0.241. The average Bonchev–Trinajstić information content (AvgIpc) is 3.02. The summed E-state index contributed by atoms with van der Waals surface area (Å²) in [5, 5.41) is 3.26. The summed E-state index contributed by atoms with van der Waals surface area (Å²) < 4.78 is 0. The molecule has 4 heteroatoms. The van der Waals surface area contributed by atoms with E-state index in [9.17, 15) is 9.59 Å². The van der Waals surface area contributed by atoms with Crippen LogP contribution < -0.4 is 5.32 Å². The van der Waals surface area contributed by atoms with Crippen LogP contribution in [0.4, 0.5) is 5.69 Å². The van der Waals surface area contributed by atoms with E-state index >= 15 is 0 Å². The predicted molar refractivity (Wildman–Crippen MR) is 134 cm³/mol. The molecule has 2 amide bonds. The van der Waals surface area contributed by atoms with E-state index in [0.717, 1.165) is 33.5 Å². The zero-order valence-corrected chi connectivity index (χ0v) is 19.9. The van der Waals surface area contributed by atoms with Gasteiger partial charge in [0.2, 0.25) is 0 Å². The molecule has 1 N–H and O–H groups in total. The first kappa shape index (κ1) is 22.5. The van der Waals surface area contributed by atoms with Crippen molar-refractivity contribution >= 4 is 23.1 Å². The van der Waals surface area contributed by atoms with Crippen LogP contribution in [0.25, 0.3) is 5.57 Å². The lowest BCUT2D eigenvalue weighted by Gasteiger charge is -2.16. The van der Waals surface area contributed by atoms with Crippen LogP contribution in [-0.4, -0.2) is 16.7 Å². The molecule has 33 heavy (non-hydrogen) atoms. The lowest BCUT2D eigenvalue weighted by atomic mass is 9.99. The molecule has 4 rings (SSSR count). The summed E-state index contributed by atoms with van der Waals surface area (Å²) in [6.07, 6.45) is 0. The van der Waals surface area contributed by atoms with Gasteiger partial charge in [-0.1, -0.05) is 74.0 Å². The molecule has 1 aliphatic heterocycles. The van der Waals surface area contributed by atoms with Crippen LogP contribution in [0.1, 0.15) is 53.1 Å². The predicted octanol–water partition coefficient (Wildman–Crippen LogP) is 6.13. The molecule has 0 aliphatic carbocycles. The number of hydrogen-bond acceptors (Lipinski definition) is 3. The molecular formula is C29H30N2O2. The van der Waals surface area contributed by atoms with Gasteiger partial charge in [-0.3, -0.25) is 14.5 Å². The Morgan fingerprint density at radius 3 is 2.06 bits per heavy atom. The smallest absolute Gasteiger partial charge is 0.278 e. The van der Waals surface area contributed by atoms with Crippen molar-refractivity contribution in [3.63, 3.8) is 0 Å². The second-order valence-corrected chi connectivity index (χ2v) is 9.13. The van der Waals surface area contributed by atoms with Crippen LogP contribution >= 0.6 is 0 Å². The number of rotatable bonds is 6. The molecule has 3 aromatic carbocycles. The zero-order valence-electron chi connectivity index (χ0n) is 19.9. The van der Waals surface area contributed by atoms with E-state index in [2.05, 4.69) is 31.3 Å². The standard InChI is InChI=1S/C29H30N2O2/c1-18(2)23-12-14-25(15-13-23)30-27-26(24-11-8-20(4)21(5)16-24)28(32)31(29(27)33)17-22-9-6-19(3)7-10-22/h6-16,18,30H,17H2,1-5H3. The summed E-state index contributed by atoms with van der Waals surface area (Å²) in [5.41, 5.74) is 7.79. The van der Waals surface area contributed by atoms with Gasteiger partial charge in [0, 0.05) is 5.69 Å². The monoisotopic (exact) mass is 438 g/mol. The maximum atomic E-state index is 13.5. The highest BCUT2D eigenvalue weighted by atomic mass is 16.2. The maximum Gasteiger partial charge on any atom is 0.278 e. The Balaban J connectivity index is 1.73. The van der Waals surface area contributed by atoms with Crippen LogP contribution in [0.3, 0.4) is 0 Å². The number of amides is 2. The molecule has 0 radical (unpaired) electrons. The molecule has 1 heterocycles. The summed E-state index contributed by atoms with van der Waals surface area (Å²) in [6.45, 7) is 10.6. The Morgan fingerprint density at radius 1 is 0.788 bits per heavy atom. The number of imide groups is 1. The topological polar surface area (TPSA) is 49.4 Å². The second kappa shape index (κ2) is 9.07. The number of benzene rings is 3. The summed E-state index contributed by atoms with van der Waals surface area (Å²) >= 11 is 0. The molecule has 168 valence electrons. The zero-order chi connectivity index (χ0) is 23.7. The van der Waals surface area contributed by atoms with E-state index < -0.39 is 0 Å². The van der Waals surface area contributed by atoms with Crippen molar-refractivity contribution in [1.29, 1.82) is 0 Å². The van der Waals surface area contributed by atoms with Crippen LogP contribution in [-0.2, 0) is 16.1 Å². The third kappa shape index (κ3) is 4.61. The molecular weight excluding hydrogens is 408 g/mol. The minimum Gasteiger partial charge on any atom is -0.350 e. The van der Waals surface area contributed by atoms with Crippen LogP contribution in [0.5, 0.6) is 0 Å². The van der Waals surface area contributed by atoms with Gasteiger partial charge in [0.25, 0.3) is 11.8 Å². The number of anilines is 1. The minimum absolute atomic E-state index is 0.240. The van der Waals surface area contributed by atoms with Gasteiger partial charge in [-0.25, -0.2) is 0 Å². The van der Waals surface area contributed by atoms with Crippen molar-refractivity contribution in [2.45, 2.75) is 47.1 Å². The highest BCUT2D eigenvalue weighted by Gasteiger charge is 2.39. The van der Waals surface area contributed by atoms with Crippen molar-refractivity contribution in [2.75, 3.05) is 5.32 Å². The average molecular weight is 439 g/mol. The van der Waals surface area contributed by atoms with Gasteiger partial charge in [-0.15, -0.1) is 0 Å². The third-order valence-corrected chi connectivity index (χ3v) is 6.27. The summed E-state index contributed by atoms with van der Waals surface area (Å²) in [6, 6.07) is 21.8. The molecule has 0 aromatic heterocycles. The van der Waals surface area contributed by atoms with Crippen molar-refractivity contribution in [1.82, 2.24) is 4.90 Å². The largest absolute Gasteiger partial charge is 0.350 e. The van der Waals surface area contributed by atoms with Crippen LogP contribution in [0.2, 0.25) is 0 Å². The Kier molecular flexibility index (Phi) is 6.19. The van der Waals surface area contributed by atoms with Gasteiger partial charge in [0.05, 0.1) is 12.1 Å². The number of hydrogen-bond donors (Lipinski definition) is 1. The lowest BCUT2D eigenvalue weighted by Crippen LogP contribution is -2.32. The van der Waals surface area contributed by atoms with Gasteiger partial charge in [-0.05, 0) is 66.6 Å². The normalized spacial score (nSPS) is 13.9. The molecule has 0 fully saturated rings. The van der Waals surface area contributed by atoms with Crippen molar-refractivity contribution < 1.29 is 9.59 Å². The van der Waals surface area contributed by atoms with E-state index in [1.165, 1.54) is 10.5 Å². The van der Waals surface area contributed by atoms with Crippen molar-refractivity contribution in [2.24, 2.45) is 0 Å². The lowest BCUT2D eigenvalue weighted by molar-refractivity contribution is -0.137. The fourth-order valence-electron chi connectivity index (χ4n) is 3.97.